The van der Waals surface area contributed by atoms with Crippen LogP contribution in [0.5, 0.6) is 0 Å². The third kappa shape index (κ3) is 2.65. The molecule has 0 aromatic heterocycles. The monoisotopic (exact) mass is 241 g/mol. The van der Waals surface area contributed by atoms with E-state index in [4.69, 9.17) is 9.47 Å². The Labute approximate surface area is 103 Å². The van der Waals surface area contributed by atoms with Crippen LogP contribution in [0, 0.1) is 0 Å². The molecule has 17 heavy (non-hydrogen) atoms. The van der Waals surface area contributed by atoms with Crippen molar-refractivity contribution in [1.29, 1.82) is 0 Å². The maximum absolute atomic E-state index is 9.47. The van der Waals surface area contributed by atoms with Gasteiger partial charge >= 0.3 is 0 Å². The molecular formula is C13H23NO3. The molecule has 1 spiro atoms. The van der Waals surface area contributed by atoms with Gasteiger partial charge in [0.2, 0.25) is 0 Å². The van der Waals surface area contributed by atoms with Gasteiger partial charge in [0.15, 0.2) is 5.79 Å². The van der Waals surface area contributed by atoms with Crippen LogP contribution >= 0.6 is 0 Å². The highest BCUT2D eigenvalue weighted by molar-refractivity contribution is 4.85. The normalized spacial score (nSPS) is 34.8. The first-order valence-electron chi connectivity index (χ1n) is 6.98. The molecule has 3 aliphatic rings. The molecule has 2 aliphatic heterocycles. The fraction of sp³-hybridized carbons (Fsp3) is 1.00. The Morgan fingerprint density at radius 2 is 1.88 bits per heavy atom. The van der Waals surface area contributed by atoms with E-state index in [1.165, 1.54) is 12.8 Å². The molecule has 4 nitrogen and oxygen atoms in total. The number of hydrogen-bond donors (Lipinski definition) is 1. The lowest BCUT2D eigenvalue weighted by Crippen LogP contribution is -2.41. The molecule has 0 radical (unpaired) electrons. The molecule has 1 aliphatic carbocycles. The van der Waals surface area contributed by atoms with E-state index in [2.05, 4.69) is 4.90 Å². The summed E-state index contributed by atoms with van der Waals surface area (Å²) >= 11 is 0. The summed E-state index contributed by atoms with van der Waals surface area (Å²) in [5, 5.41) is 9.47. The number of nitrogens with zero attached hydrogens (tertiary/aromatic N) is 1. The van der Waals surface area contributed by atoms with Gasteiger partial charge in [0.25, 0.3) is 0 Å². The zero-order valence-electron chi connectivity index (χ0n) is 10.4. The summed E-state index contributed by atoms with van der Waals surface area (Å²) in [7, 11) is 0. The molecule has 4 heteroatoms. The van der Waals surface area contributed by atoms with Crippen molar-refractivity contribution >= 4 is 0 Å². The minimum Gasteiger partial charge on any atom is -0.393 e. The van der Waals surface area contributed by atoms with Crippen LogP contribution in [0.25, 0.3) is 0 Å². The number of likely N-dealkylation sites (tertiary alicyclic amines) is 1. The molecule has 0 aromatic carbocycles. The lowest BCUT2D eigenvalue weighted by Gasteiger charge is -2.31. The molecule has 98 valence electrons. The van der Waals surface area contributed by atoms with Gasteiger partial charge in [-0.05, 0) is 25.7 Å². The topological polar surface area (TPSA) is 41.9 Å². The third-order valence-electron chi connectivity index (χ3n) is 4.30. The Bertz CT molecular complexity index is 257. The number of aliphatic hydroxyl groups is 1. The summed E-state index contributed by atoms with van der Waals surface area (Å²) in [6.07, 6.45) is 6.57. The Balaban J connectivity index is 1.47. The van der Waals surface area contributed by atoms with Gasteiger partial charge < -0.3 is 19.5 Å². The first-order valence-corrected chi connectivity index (χ1v) is 6.98. The van der Waals surface area contributed by atoms with Crippen LogP contribution in [0.4, 0.5) is 0 Å². The molecule has 0 amide bonds. The highest BCUT2D eigenvalue weighted by Gasteiger charge is 2.43. The number of piperidine rings is 1. The van der Waals surface area contributed by atoms with Crippen LogP contribution in [0.3, 0.4) is 0 Å². The zero-order valence-corrected chi connectivity index (χ0v) is 10.4. The van der Waals surface area contributed by atoms with E-state index in [0.717, 1.165) is 51.9 Å². The van der Waals surface area contributed by atoms with Crippen LogP contribution in [-0.4, -0.2) is 54.2 Å². The van der Waals surface area contributed by atoms with Gasteiger partial charge in [-0.15, -0.1) is 0 Å². The van der Waals surface area contributed by atoms with E-state index >= 15 is 0 Å². The molecule has 1 saturated carbocycles. The fourth-order valence-electron chi connectivity index (χ4n) is 3.27. The highest BCUT2D eigenvalue weighted by Crippen LogP contribution is 2.39. The minimum atomic E-state index is -0.222. The van der Waals surface area contributed by atoms with Crippen LogP contribution in [0.1, 0.15) is 38.5 Å². The molecule has 0 bridgehead atoms. The smallest absolute Gasteiger partial charge is 0.168 e. The van der Waals surface area contributed by atoms with E-state index < -0.39 is 0 Å². The van der Waals surface area contributed by atoms with E-state index in [0.29, 0.717) is 0 Å². The zero-order chi connectivity index (χ0) is 11.7. The average molecular weight is 241 g/mol. The van der Waals surface area contributed by atoms with E-state index in [1.54, 1.807) is 0 Å². The summed E-state index contributed by atoms with van der Waals surface area (Å²) in [6.45, 7) is 3.70. The van der Waals surface area contributed by atoms with Crippen LogP contribution < -0.4 is 0 Å². The minimum absolute atomic E-state index is 0.0897. The molecule has 0 aromatic rings. The summed E-state index contributed by atoms with van der Waals surface area (Å²) in [5.41, 5.74) is 0. The maximum Gasteiger partial charge on any atom is 0.168 e. The van der Waals surface area contributed by atoms with Gasteiger partial charge in [-0.2, -0.15) is 0 Å². The van der Waals surface area contributed by atoms with Crippen LogP contribution in [0.2, 0.25) is 0 Å². The molecule has 1 atom stereocenters. The second kappa shape index (κ2) is 4.84. The van der Waals surface area contributed by atoms with Crippen LogP contribution in [0.15, 0.2) is 0 Å². The van der Waals surface area contributed by atoms with Gasteiger partial charge in [0.1, 0.15) is 0 Å². The Hall–Kier alpha value is -0.160. The highest BCUT2D eigenvalue weighted by atomic mass is 16.7. The number of ether oxygens (including phenoxy) is 2. The molecule has 3 fully saturated rings. The lowest BCUT2D eigenvalue weighted by molar-refractivity contribution is -0.163. The van der Waals surface area contributed by atoms with Gasteiger partial charge in [0, 0.05) is 32.5 Å². The van der Waals surface area contributed by atoms with Gasteiger partial charge in [-0.3, -0.25) is 0 Å². The molecule has 2 heterocycles. The SMILES string of the molecule is OC1CCN(CC2COC3(CCCC3)O2)CC1. The van der Waals surface area contributed by atoms with Crippen molar-refractivity contribution in [3.8, 4) is 0 Å². The van der Waals surface area contributed by atoms with E-state index in [-0.39, 0.29) is 18.0 Å². The van der Waals surface area contributed by atoms with Crippen molar-refractivity contribution in [2.75, 3.05) is 26.2 Å². The Kier molecular flexibility index (Phi) is 3.39. The summed E-state index contributed by atoms with van der Waals surface area (Å²) in [6, 6.07) is 0. The van der Waals surface area contributed by atoms with Crippen molar-refractivity contribution in [3.05, 3.63) is 0 Å². The van der Waals surface area contributed by atoms with Gasteiger partial charge in [-0.25, -0.2) is 0 Å². The Morgan fingerprint density at radius 3 is 2.59 bits per heavy atom. The number of rotatable bonds is 2. The predicted octanol–water partition coefficient (Wildman–Crippen LogP) is 1.13. The fourth-order valence-corrected chi connectivity index (χ4v) is 3.27. The predicted molar refractivity (Wildman–Crippen MR) is 63.7 cm³/mol. The first-order chi connectivity index (χ1) is 8.26. The van der Waals surface area contributed by atoms with Crippen molar-refractivity contribution < 1.29 is 14.6 Å². The summed E-state index contributed by atoms with van der Waals surface area (Å²) in [5.74, 6) is -0.222. The van der Waals surface area contributed by atoms with Crippen molar-refractivity contribution in [3.63, 3.8) is 0 Å². The molecule has 1 unspecified atom stereocenters. The van der Waals surface area contributed by atoms with Crippen molar-refractivity contribution in [2.45, 2.75) is 56.5 Å². The molecule has 1 N–H and O–H groups in total. The molecule has 3 rings (SSSR count). The van der Waals surface area contributed by atoms with Crippen molar-refractivity contribution in [2.24, 2.45) is 0 Å². The summed E-state index contributed by atoms with van der Waals surface area (Å²) in [4.78, 5) is 2.40. The standard InChI is InChI=1S/C13H23NO3/c15-11-3-7-14(8-4-11)9-12-10-16-13(17-12)5-1-2-6-13/h11-12,15H,1-10H2. The largest absolute Gasteiger partial charge is 0.393 e. The van der Waals surface area contributed by atoms with E-state index in [1.807, 2.05) is 0 Å². The third-order valence-corrected chi connectivity index (χ3v) is 4.30. The second-order valence-corrected chi connectivity index (χ2v) is 5.70. The first kappa shape index (κ1) is 11.9. The number of aliphatic hydroxyl groups excluding tert-OH is 1. The molecule has 2 saturated heterocycles. The molecular weight excluding hydrogens is 218 g/mol. The lowest BCUT2D eigenvalue weighted by atomic mass is 10.1. The van der Waals surface area contributed by atoms with Gasteiger partial charge in [0.05, 0.1) is 18.8 Å². The van der Waals surface area contributed by atoms with E-state index in [9.17, 15) is 5.11 Å². The van der Waals surface area contributed by atoms with Crippen LogP contribution in [-0.2, 0) is 9.47 Å². The summed E-state index contributed by atoms with van der Waals surface area (Å²) < 4.78 is 12.0. The quantitative estimate of drug-likeness (QED) is 0.787. The maximum atomic E-state index is 9.47. The Morgan fingerprint density at radius 1 is 1.18 bits per heavy atom. The van der Waals surface area contributed by atoms with Crippen molar-refractivity contribution in [1.82, 2.24) is 4.90 Å². The average Bonchev–Trinajstić information content (AvgIpc) is 2.94. The van der Waals surface area contributed by atoms with Gasteiger partial charge in [-0.1, -0.05) is 0 Å². The number of hydrogen-bond acceptors (Lipinski definition) is 4. The second-order valence-electron chi connectivity index (χ2n) is 5.70.